The maximum absolute atomic E-state index is 12.9. The number of aryl methyl sites for hydroxylation is 2. The molecular formula is C21H28N4OS. The number of nitrogens with zero attached hydrogens (tertiary/aromatic N) is 2. The van der Waals surface area contributed by atoms with Gasteiger partial charge in [-0.3, -0.25) is 4.79 Å². The molecule has 2 N–H and O–H groups in total. The number of carbonyl (C=O) groups is 1. The van der Waals surface area contributed by atoms with E-state index in [1.54, 1.807) is 0 Å². The van der Waals surface area contributed by atoms with Crippen molar-refractivity contribution in [2.75, 3.05) is 13.1 Å². The molecule has 4 rings (SSSR count). The fourth-order valence-electron chi connectivity index (χ4n) is 4.03. The van der Waals surface area contributed by atoms with E-state index < -0.39 is 0 Å². The van der Waals surface area contributed by atoms with E-state index in [4.69, 9.17) is 0 Å². The lowest BCUT2D eigenvalue weighted by Crippen LogP contribution is -2.48. The number of likely N-dealkylation sites (tertiary alicyclic amines) is 1. The maximum Gasteiger partial charge on any atom is 0.241 e. The van der Waals surface area contributed by atoms with E-state index >= 15 is 0 Å². The number of hydrogen-bond acceptors (Lipinski definition) is 4. The number of amides is 1. The van der Waals surface area contributed by atoms with Crippen molar-refractivity contribution >= 4 is 17.7 Å². The van der Waals surface area contributed by atoms with Gasteiger partial charge in [0.2, 0.25) is 5.91 Å². The van der Waals surface area contributed by atoms with Crippen LogP contribution in [0.25, 0.3) is 0 Å². The highest BCUT2D eigenvalue weighted by atomic mass is 32.2. The predicted octanol–water partition coefficient (Wildman–Crippen LogP) is 3.02. The molecule has 0 bridgehead atoms. The zero-order chi connectivity index (χ0) is 18.8. The summed E-state index contributed by atoms with van der Waals surface area (Å²) in [6.45, 7) is 3.88. The number of hydrazine groups is 1. The highest BCUT2D eigenvalue weighted by Gasteiger charge is 2.35. The summed E-state index contributed by atoms with van der Waals surface area (Å²) in [5, 5.41) is 0.598. The molecule has 0 saturated carbocycles. The van der Waals surface area contributed by atoms with Crippen LogP contribution in [0.1, 0.15) is 36.6 Å². The minimum atomic E-state index is -0.134. The predicted molar refractivity (Wildman–Crippen MR) is 109 cm³/mol. The van der Waals surface area contributed by atoms with Crippen LogP contribution in [0.3, 0.4) is 0 Å². The van der Waals surface area contributed by atoms with Gasteiger partial charge in [-0.15, -0.1) is 11.8 Å². The number of benzene rings is 1. The average molecular weight is 385 g/mol. The van der Waals surface area contributed by atoms with Crippen LogP contribution in [-0.2, 0) is 11.8 Å². The Labute approximate surface area is 165 Å². The monoisotopic (exact) mass is 384 g/mol. The molecule has 1 aromatic heterocycles. The van der Waals surface area contributed by atoms with Crippen molar-refractivity contribution in [1.29, 1.82) is 0 Å². The van der Waals surface area contributed by atoms with Crippen LogP contribution in [0, 0.1) is 6.92 Å². The molecule has 144 valence electrons. The van der Waals surface area contributed by atoms with Crippen molar-refractivity contribution in [3.8, 4) is 0 Å². The van der Waals surface area contributed by atoms with Gasteiger partial charge in [-0.25, -0.2) is 10.9 Å². The van der Waals surface area contributed by atoms with Crippen molar-refractivity contribution < 1.29 is 4.79 Å². The highest BCUT2D eigenvalue weighted by molar-refractivity contribution is 8.00. The van der Waals surface area contributed by atoms with Crippen LogP contribution in [0.4, 0.5) is 0 Å². The van der Waals surface area contributed by atoms with Gasteiger partial charge in [0.25, 0.3) is 0 Å². The normalized spacial score (nSPS) is 23.7. The third-order valence-electron chi connectivity index (χ3n) is 5.68. The molecule has 2 aliphatic heterocycles. The second kappa shape index (κ2) is 8.09. The van der Waals surface area contributed by atoms with Gasteiger partial charge in [0.1, 0.15) is 6.04 Å². The second-order valence-electron chi connectivity index (χ2n) is 7.58. The number of hydrogen-bond donors (Lipinski definition) is 2. The van der Waals surface area contributed by atoms with Gasteiger partial charge in [0.15, 0.2) is 0 Å². The van der Waals surface area contributed by atoms with E-state index in [1.165, 1.54) is 16.2 Å². The molecule has 0 aliphatic carbocycles. The van der Waals surface area contributed by atoms with Gasteiger partial charge < -0.3 is 9.47 Å². The molecule has 2 saturated heterocycles. The van der Waals surface area contributed by atoms with Crippen LogP contribution in [0.15, 0.2) is 47.5 Å². The third kappa shape index (κ3) is 4.08. The fraction of sp³-hybridized carbons (Fsp3) is 0.476. The molecule has 2 unspecified atom stereocenters. The molecule has 1 aromatic carbocycles. The molecule has 1 amide bonds. The number of thioether (sulfide) groups is 1. The number of carbonyl (C=O) groups excluding carboxylic acids is 1. The summed E-state index contributed by atoms with van der Waals surface area (Å²) in [5.74, 6) is 0.235. The maximum atomic E-state index is 12.9. The van der Waals surface area contributed by atoms with Gasteiger partial charge in [-0.2, -0.15) is 0 Å². The number of aromatic nitrogens is 1. The van der Waals surface area contributed by atoms with E-state index in [0.717, 1.165) is 32.4 Å². The Bertz CT molecular complexity index is 797. The lowest BCUT2D eigenvalue weighted by atomic mass is 10.0. The molecule has 2 fully saturated rings. The summed E-state index contributed by atoms with van der Waals surface area (Å²) in [6.07, 6.45) is 4.97. The lowest BCUT2D eigenvalue weighted by molar-refractivity contribution is -0.134. The largest absolute Gasteiger partial charge is 0.353 e. The summed E-state index contributed by atoms with van der Waals surface area (Å²) in [4.78, 5) is 16.3. The number of nitrogens with one attached hydrogen (secondary N) is 2. The molecule has 2 aromatic rings. The Morgan fingerprint density at radius 3 is 2.59 bits per heavy atom. The molecule has 0 spiro atoms. The second-order valence-corrected chi connectivity index (χ2v) is 8.92. The molecule has 2 atom stereocenters. The smallest absolute Gasteiger partial charge is 0.241 e. The molecule has 6 heteroatoms. The summed E-state index contributed by atoms with van der Waals surface area (Å²) in [5.41, 5.74) is 9.07. The average Bonchev–Trinajstić information content (AvgIpc) is 3.32. The van der Waals surface area contributed by atoms with Crippen molar-refractivity contribution in [3.05, 3.63) is 53.9 Å². The van der Waals surface area contributed by atoms with E-state index in [-0.39, 0.29) is 18.0 Å². The molecular weight excluding hydrogens is 356 g/mol. The van der Waals surface area contributed by atoms with Crippen LogP contribution in [-0.4, -0.2) is 39.8 Å². The van der Waals surface area contributed by atoms with Crippen LogP contribution in [0.5, 0.6) is 0 Å². The van der Waals surface area contributed by atoms with E-state index in [9.17, 15) is 4.79 Å². The lowest BCUT2D eigenvalue weighted by Gasteiger charge is -2.33. The van der Waals surface area contributed by atoms with Crippen LogP contribution >= 0.6 is 11.8 Å². The quantitative estimate of drug-likeness (QED) is 0.851. The van der Waals surface area contributed by atoms with Gasteiger partial charge in [-0.1, -0.05) is 18.2 Å². The van der Waals surface area contributed by atoms with Crippen LogP contribution in [0.2, 0.25) is 0 Å². The Morgan fingerprint density at radius 1 is 1.11 bits per heavy atom. The van der Waals surface area contributed by atoms with Gasteiger partial charge in [0, 0.05) is 42.2 Å². The van der Waals surface area contributed by atoms with Gasteiger partial charge >= 0.3 is 0 Å². The zero-order valence-corrected chi connectivity index (χ0v) is 16.8. The fourth-order valence-corrected chi connectivity index (χ4v) is 5.25. The molecule has 5 nitrogen and oxygen atoms in total. The summed E-state index contributed by atoms with van der Waals surface area (Å²) in [6, 6.07) is 12.8. The third-order valence-corrected chi connectivity index (χ3v) is 7.20. The zero-order valence-electron chi connectivity index (χ0n) is 16.0. The summed E-state index contributed by atoms with van der Waals surface area (Å²) < 4.78 is 2.11. The summed E-state index contributed by atoms with van der Waals surface area (Å²) >= 11 is 1.97. The first-order valence-electron chi connectivity index (χ1n) is 9.75. The van der Waals surface area contributed by atoms with Crippen molar-refractivity contribution in [3.63, 3.8) is 0 Å². The number of rotatable bonds is 4. The first-order valence-corrected chi connectivity index (χ1v) is 10.6. The summed E-state index contributed by atoms with van der Waals surface area (Å²) in [7, 11) is 2.04. The van der Waals surface area contributed by atoms with E-state index in [0.29, 0.717) is 5.25 Å². The standard InChI is InChI=1S/C21H28N4OS/c1-15-6-3-4-8-20(15)27-16-9-12-25(13-10-16)21(26)18-14-17(22-23-18)19-7-5-11-24(19)2/h3-8,11,16-18,22-23H,9-10,12-14H2,1-2H3. The Balaban J connectivity index is 1.29. The van der Waals surface area contributed by atoms with Crippen molar-refractivity contribution in [2.24, 2.45) is 7.05 Å². The van der Waals surface area contributed by atoms with Crippen molar-refractivity contribution in [2.45, 2.75) is 48.4 Å². The molecule has 2 aliphatic rings. The Kier molecular flexibility index (Phi) is 5.57. The topological polar surface area (TPSA) is 49.3 Å². The molecule has 0 radical (unpaired) electrons. The van der Waals surface area contributed by atoms with Gasteiger partial charge in [0.05, 0.1) is 6.04 Å². The minimum absolute atomic E-state index is 0.134. The van der Waals surface area contributed by atoms with Crippen LogP contribution < -0.4 is 10.9 Å². The van der Waals surface area contributed by atoms with E-state index in [2.05, 4.69) is 52.7 Å². The first kappa shape index (κ1) is 18.6. The number of piperidine rings is 1. The molecule has 27 heavy (non-hydrogen) atoms. The minimum Gasteiger partial charge on any atom is -0.353 e. The SMILES string of the molecule is Cc1ccccc1SC1CCN(C(=O)C2CC(c3cccn3C)NN2)CC1. The first-order chi connectivity index (χ1) is 13.1. The van der Waals surface area contributed by atoms with E-state index in [1.807, 2.05) is 36.0 Å². The Morgan fingerprint density at radius 2 is 1.89 bits per heavy atom. The molecule has 3 heterocycles. The Hall–Kier alpha value is -1.76. The van der Waals surface area contributed by atoms with Gasteiger partial charge in [-0.05, 0) is 49.9 Å². The van der Waals surface area contributed by atoms with Crippen molar-refractivity contribution in [1.82, 2.24) is 20.3 Å². The highest BCUT2D eigenvalue weighted by Crippen LogP contribution is 2.33.